The van der Waals surface area contributed by atoms with Crippen LogP contribution in [0.4, 0.5) is 0 Å². The molecule has 0 bridgehead atoms. The normalized spacial score (nSPS) is 26.8. The van der Waals surface area contributed by atoms with Crippen molar-refractivity contribution in [2.75, 3.05) is 13.7 Å². The molecular formula is C15H22ClNO2. The Labute approximate surface area is 119 Å². The average molecular weight is 284 g/mol. The van der Waals surface area contributed by atoms with Crippen LogP contribution in [0.15, 0.2) is 24.3 Å². The fourth-order valence-electron chi connectivity index (χ4n) is 2.74. The molecule has 0 amide bonds. The molecule has 0 radical (unpaired) electrons. The van der Waals surface area contributed by atoms with E-state index in [0.29, 0.717) is 23.7 Å². The van der Waals surface area contributed by atoms with Gasteiger partial charge >= 0.3 is 0 Å². The maximum Gasteiger partial charge on any atom is 0.0928 e. The molecule has 3 unspecified atom stereocenters. The first kappa shape index (κ1) is 14.8. The van der Waals surface area contributed by atoms with E-state index in [2.05, 4.69) is 19.2 Å². The van der Waals surface area contributed by atoms with E-state index >= 15 is 0 Å². The van der Waals surface area contributed by atoms with Gasteiger partial charge in [-0.05, 0) is 12.5 Å². The molecule has 1 saturated carbocycles. The minimum atomic E-state index is -0.578. The summed E-state index contributed by atoms with van der Waals surface area (Å²) in [6, 6.07) is 7.78. The molecule has 1 aliphatic carbocycles. The molecule has 3 nitrogen and oxygen atoms in total. The summed E-state index contributed by atoms with van der Waals surface area (Å²) >= 11 is 6.08. The van der Waals surface area contributed by atoms with Gasteiger partial charge in [0.2, 0.25) is 0 Å². The molecule has 4 heteroatoms. The largest absolute Gasteiger partial charge is 0.387 e. The minimum absolute atomic E-state index is 0.106. The summed E-state index contributed by atoms with van der Waals surface area (Å²) in [7, 11) is 1.75. The first-order valence-electron chi connectivity index (χ1n) is 6.65. The van der Waals surface area contributed by atoms with E-state index in [-0.39, 0.29) is 5.41 Å². The molecule has 0 aromatic heterocycles. The lowest BCUT2D eigenvalue weighted by molar-refractivity contribution is -0.0992. The van der Waals surface area contributed by atoms with Crippen molar-refractivity contribution in [3.8, 4) is 0 Å². The molecule has 0 saturated heterocycles. The first-order chi connectivity index (χ1) is 8.96. The highest BCUT2D eigenvalue weighted by Gasteiger charge is 2.48. The van der Waals surface area contributed by atoms with Gasteiger partial charge in [0.1, 0.15) is 0 Å². The zero-order chi connectivity index (χ0) is 14.0. The van der Waals surface area contributed by atoms with Gasteiger partial charge in [-0.3, -0.25) is 0 Å². The highest BCUT2D eigenvalue weighted by molar-refractivity contribution is 6.31. The smallest absolute Gasteiger partial charge is 0.0928 e. The Hall–Kier alpha value is -0.610. The van der Waals surface area contributed by atoms with E-state index < -0.39 is 6.10 Å². The molecule has 2 N–H and O–H groups in total. The van der Waals surface area contributed by atoms with Crippen LogP contribution in [0, 0.1) is 5.41 Å². The van der Waals surface area contributed by atoms with Crippen LogP contribution in [-0.4, -0.2) is 30.9 Å². The lowest BCUT2D eigenvalue weighted by Gasteiger charge is -2.51. The number of methoxy groups -OCH3 is 1. The Bertz CT molecular complexity index is 436. The van der Waals surface area contributed by atoms with Gasteiger partial charge in [0.25, 0.3) is 0 Å². The Kier molecular flexibility index (Phi) is 4.51. The molecule has 0 aliphatic heterocycles. The minimum Gasteiger partial charge on any atom is -0.387 e. The van der Waals surface area contributed by atoms with E-state index in [9.17, 15) is 5.11 Å². The summed E-state index contributed by atoms with van der Waals surface area (Å²) in [5.74, 6) is 0. The van der Waals surface area contributed by atoms with E-state index in [4.69, 9.17) is 16.3 Å². The number of hydrogen-bond donors (Lipinski definition) is 2. The number of aliphatic hydroxyl groups is 1. The third-order valence-corrected chi connectivity index (χ3v) is 4.63. The molecule has 106 valence electrons. The number of rotatable bonds is 5. The highest BCUT2D eigenvalue weighted by atomic mass is 35.5. The summed E-state index contributed by atoms with van der Waals surface area (Å²) in [5, 5.41) is 14.2. The summed E-state index contributed by atoms with van der Waals surface area (Å²) in [6.07, 6.45) is 0.701. The van der Waals surface area contributed by atoms with Crippen LogP contribution < -0.4 is 5.32 Å². The molecular weight excluding hydrogens is 262 g/mol. The second kappa shape index (κ2) is 5.80. The van der Waals surface area contributed by atoms with Gasteiger partial charge in [-0.25, -0.2) is 0 Å². The van der Waals surface area contributed by atoms with Crippen molar-refractivity contribution in [1.82, 2.24) is 5.32 Å². The van der Waals surface area contributed by atoms with Gasteiger partial charge < -0.3 is 15.2 Å². The van der Waals surface area contributed by atoms with Crippen molar-refractivity contribution in [3.63, 3.8) is 0 Å². The van der Waals surface area contributed by atoms with E-state index in [1.165, 1.54) is 0 Å². The van der Waals surface area contributed by atoms with Crippen LogP contribution in [0.3, 0.4) is 0 Å². The molecule has 1 aromatic carbocycles. The number of ether oxygens (including phenoxy) is 1. The van der Waals surface area contributed by atoms with Crippen LogP contribution in [0.1, 0.15) is 31.9 Å². The van der Waals surface area contributed by atoms with Crippen molar-refractivity contribution < 1.29 is 9.84 Å². The van der Waals surface area contributed by atoms with Crippen LogP contribution in [-0.2, 0) is 4.74 Å². The van der Waals surface area contributed by atoms with Gasteiger partial charge in [-0.1, -0.05) is 43.6 Å². The van der Waals surface area contributed by atoms with E-state index in [0.717, 1.165) is 12.0 Å². The number of nitrogens with one attached hydrogen (secondary N) is 1. The molecule has 0 heterocycles. The van der Waals surface area contributed by atoms with E-state index in [1.807, 2.05) is 18.2 Å². The number of benzene rings is 1. The molecule has 2 rings (SSSR count). The summed E-state index contributed by atoms with van der Waals surface area (Å²) < 4.78 is 5.42. The van der Waals surface area contributed by atoms with Crippen molar-refractivity contribution in [1.29, 1.82) is 0 Å². The molecule has 1 aliphatic rings. The Balaban J connectivity index is 1.89. The van der Waals surface area contributed by atoms with Crippen molar-refractivity contribution in [2.45, 2.75) is 38.5 Å². The predicted octanol–water partition coefficient (Wildman–Crippen LogP) is 2.78. The van der Waals surface area contributed by atoms with Gasteiger partial charge in [0.05, 0.1) is 12.2 Å². The Morgan fingerprint density at radius 3 is 2.74 bits per heavy atom. The van der Waals surface area contributed by atoms with Crippen LogP contribution in [0.5, 0.6) is 0 Å². The predicted molar refractivity (Wildman–Crippen MR) is 77.4 cm³/mol. The highest BCUT2D eigenvalue weighted by Crippen LogP contribution is 2.42. The van der Waals surface area contributed by atoms with Gasteiger partial charge in [-0.15, -0.1) is 0 Å². The van der Waals surface area contributed by atoms with Crippen LogP contribution >= 0.6 is 11.6 Å². The number of aliphatic hydroxyl groups excluding tert-OH is 1. The lowest BCUT2D eigenvalue weighted by atomic mass is 9.64. The van der Waals surface area contributed by atoms with Crippen molar-refractivity contribution in [2.24, 2.45) is 5.41 Å². The molecule has 3 atom stereocenters. The maximum absolute atomic E-state index is 10.2. The zero-order valence-corrected chi connectivity index (χ0v) is 12.4. The molecule has 1 fully saturated rings. The van der Waals surface area contributed by atoms with Gasteiger partial charge in [0, 0.05) is 35.7 Å². The SMILES string of the molecule is COC1CC(NCC(O)c2ccccc2Cl)C1(C)C. The number of halogens is 1. The fraction of sp³-hybridized carbons (Fsp3) is 0.600. The summed E-state index contributed by atoms with van der Waals surface area (Å²) in [4.78, 5) is 0. The van der Waals surface area contributed by atoms with Gasteiger partial charge in [0.15, 0.2) is 0 Å². The molecule has 0 spiro atoms. The third kappa shape index (κ3) is 2.95. The quantitative estimate of drug-likeness (QED) is 0.873. The lowest BCUT2D eigenvalue weighted by Crippen LogP contribution is -2.61. The standard InChI is InChI=1S/C15H22ClNO2/c1-15(2)13(8-14(15)19-3)17-9-12(18)10-6-4-5-7-11(10)16/h4-7,12-14,17-18H,8-9H2,1-3H3. The van der Waals surface area contributed by atoms with Gasteiger partial charge in [-0.2, -0.15) is 0 Å². The van der Waals surface area contributed by atoms with Crippen molar-refractivity contribution in [3.05, 3.63) is 34.9 Å². The average Bonchev–Trinajstić information content (AvgIpc) is 2.38. The Morgan fingerprint density at radius 1 is 1.47 bits per heavy atom. The topological polar surface area (TPSA) is 41.5 Å². The van der Waals surface area contributed by atoms with Crippen LogP contribution in [0.25, 0.3) is 0 Å². The molecule has 19 heavy (non-hydrogen) atoms. The summed E-state index contributed by atoms with van der Waals surface area (Å²) in [6.45, 7) is 4.88. The zero-order valence-electron chi connectivity index (χ0n) is 11.7. The monoisotopic (exact) mass is 283 g/mol. The second-order valence-electron chi connectivity index (χ2n) is 5.78. The number of hydrogen-bond acceptors (Lipinski definition) is 3. The maximum atomic E-state index is 10.2. The summed E-state index contributed by atoms with van der Waals surface area (Å²) in [5.41, 5.74) is 0.881. The first-order valence-corrected chi connectivity index (χ1v) is 7.03. The Morgan fingerprint density at radius 2 is 2.16 bits per heavy atom. The van der Waals surface area contributed by atoms with Crippen molar-refractivity contribution >= 4 is 11.6 Å². The second-order valence-corrected chi connectivity index (χ2v) is 6.19. The third-order valence-electron chi connectivity index (χ3n) is 4.28. The van der Waals surface area contributed by atoms with E-state index in [1.54, 1.807) is 13.2 Å². The fourth-order valence-corrected chi connectivity index (χ4v) is 3.00. The van der Waals surface area contributed by atoms with Crippen LogP contribution in [0.2, 0.25) is 5.02 Å². The molecule has 1 aromatic rings.